The Morgan fingerprint density at radius 1 is 1.23 bits per heavy atom. The first-order valence-electron chi connectivity index (χ1n) is 8.48. The number of carbonyl (C=O) groups excluding carboxylic acids is 2. The number of amides is 1. The molecule has 2 aliphatic rings. The highest BCUT2D eigenvalue weighted by atomic mass is 16.7. The van der Waals surface area contributed by atoms with Gasteiger partial charge in [0.25, 0.3) is 11.6 Å². The van der Waals surface area contributed by atoms with Crippen molar-refractivity contribution < 1.29 is 28.7 Å². The standard InChI is InChI=1S/C17H20N2O7/c1-18(11-5-3-2-4-6-11)16(20)9-24-17(21)12-7-14-15(26-10-25-14)8-13(12)19(22)23/h7-8,11H,2-6,9-10H2,1H3. The second-order valence-electron chi connectivity index (χ2n) is 6.35. The van der Waals surface area contributed by atoms with E-state index in [2.05, 4.69) is 0 Å². The van der Waals surface area contributed by atoms with Gasteiger partial charge in [-0.2, -0.15) is 0 Å². The first-order valence-corrected chi connectivity index (χ1v) is 8.48. The smallest absolute Gasteiger partial charge is 0.345 e. The molecule has 3 rings (SSSR count). The van der Waals surface area contributed by atoms with Gasteiger partial charge in [0, 0.05) is 19.2 Å². The average molecular weight is 364 g/mol. The van der Waals surface area contributed by atoms with Gasteiger partial charge in [0.2, 0.25) is 6.79 Å². The molecule has 26 heavy (non-hydrogen) atoms. The summed E-state index contributed by atoms with van der Waals surface area (Å²) in [5.41, 5.74) is -0.722. The molecule has 0 aromatic heterocycles. The molecule has 1 saturated carbocycles. The van der Waals surface area contributed by atoms with E-state index in [9.17, 15) is 19.7 Å². The van der Waals surface area contributed by atoms with Gasteiger partial charge in [-0.3, -0.25) is 14.9 Å². The number of ether oxygens (including phenoxy) is 3. The lowest BCUT2D eigenvalue weighted by molar-refractivity contribution is -0.385. The minimum atomic E-state index is -0.944. The summed E-state index contributed by atoms with van der Waals surface area (Å²) in [7, 11) is 1.69. The van der Waals surface area contributed by atoms with E-state index in [4.69, 9.17) is 14.2 Å². The summed E-state index contributed by atoms with van der Waals surface area (Å²) < 4.78 is 15.2. The second kappa shape index (κ2) is 7.59. The molecule has 0 saturated heterocycles. The minimum Gasteiger partial charge on any atom is -0.454 e. The van der Waals surface area contributed by atoms with Gasteiger partial charge in [0.05, 0.1) is 11.0 Å². The molecule has 0 unspecified atom stereocenters. The van der Waals surface area contributed by atoms with Crippen LogP contribution >= 0.6 is 0 Å². The Labute approximate surface area is 150 Å². The summed E-state index contributed by atoms with van der Waals surface area (Å²) >= 11 is 0. The van der Waals surface area contributed by atoms with Gasteiger partial charge in [-0.25, -0.2) is 4.79 Å². The minimum absolute atomic E-state index is 0.0738. The molecule has 0 radical (unpaired) electrons. The van der Waals surface area contributed by atoms with Gasteiger partial charge in [0.1, 0.15) is 5.56 Å². The van der Waals surface area contributed by atoms with Crippen molar-refractivity contribution in [1.82, 2.24) is 4.90 Å². The molecule has 1 heterocycles. The number of benzene rings is 1. The Kier molecular flexibility index (Phi) is 5.24. The lowest BCUT2D eigenvalue weighted by atomic mass is 9.94. The van der Waals surface area contributed by atoms with Crippen molar-refractivity contribution in [2.24, 2.45) is 0 Å². The number of nitro benzene ring substituents is 1. The molecule has 0 spiro atoms. The van der Waals surface area contributed by atoms with E-state index in [1.54, 1.807) is 11.9 Å². The SMILES string of the molecule is CN(C(=O)COC(=O)c1cc2c(cc1[N+](=O)[O-])OCO2)C1CCCCC1. The molecule has 1 amide bonds. The van der Waals surface area contributed by atoms with Crippen LogP contribution in [0.3, 0.4) is 0 Å². The Balaban J connectivity index is 1.66. The van der Waals surface area contributed by atoms with Gasteiger partial charge in [-0.15, -0.1) is 0 Å². The zero-order chi connectivity index (χ0) is 18.7. The maximum Gasteiger partial charge on any atom is 0.345 e. The van der Waals surface area contributed by atoms with Crippen LogP contribution in [0.5, 0.6) is 11.5 Å². The van der Waals surface area contributed by atoms with Crippen LogP contribution in [0.25, 0.3) is 0 Å². The third-order valence-corrected chi connectivity index (χ3v) is 4.75. The van der Waals surface area contributed by atoms with E-state index >= 15 is 0 Å². The van der Waals surface area contributed by atoms with Gasteiger partial charge in [0.15, 0.2) is 18.1 Å². The number of esters is 1. The molecule has 1 fully saturated rings. The molecule has 9 heteroatoms. The molecule has 140 valence electrons. The zero-order valence-corrected chi connectivity index (χ0v) is 14.4. The predicted molar refractivity (Wildman–Crippen MR) is 89.1 cm³/mol. The van der Waals surface area contributed by atoms with E-state index in [0.717, 1.165) is 31.7 Å². The molecule has 9 nitrogen and oxygen atoms in total. The summed E-state index contributed by atoms with van der Waals surface area (Å²) in [4.78, 5) is 36.6. The fourth-order valence-electron chi connectivity index (χ4n) is 3.22. The highest BCUT2D eigenvalue weighted by Gasteiger charge is 2.29. The number of rotatable bonds is 5. The lowest BCUT2D eigenvalue weighted by Gasteiger charge is -2.31. The van der Waals surface area contributed by atoms with Crippen LogP contribution in [0.4, 0.5) is 5.69 Å². The number of fused-ring (bicyclic) bond motifs is 1. The Hall–Kier alpha value is -2.84. The Bertz CT molecular complexity index is 728. The molecule has 1 aliphatic heterocycles. The molecule has 0 bridgehead atoms. The third kappa shape index (κ3) is 3.71. The quantitative estimate of drug-likeness (QED) is 0.448. The number of hydrogen-bond donors (Lipinski definition) is 0. The second-order valence-corrected chi connectivity index (χ2v) is 6.35. The Morgan fingerprint density at radius 2 is 1.88 bits per heavy atom. The molecule has 0 N–H and O–H groups in total. The van der Waals surface area contributed by atoms with Crippen molar-refractivity contribution in [2.75, 3.05) is 20.4 Å². The highest BCUT2D eigenvalue weighted by molar-refractivity contribution is 5.96. The number of hydrogen-bond acceptors (Lipinski definition) is 7. The van der Waals surface area contributed by atoms with Crippen molar-refractivity contribution >= 4 is 17.6 Å². The summed E-state index contributed by atoms with van der Waals surface area (Å²) in [6.07, 6.45) is 5.19. The van der Waals surface area contributed by atoms with Crippen LogP contribution in [-0.2, 0) is 9.53 Å². The number of nitro groups is 1. The van der Waals surface area contributed by atoms with Crippen LogP contribution in [0.15, 0.2) is 12.1 Å². The molecular formula is C17H20N2O7. The monoisotopic (exact) mass is 364 g/mol. The van der Waals surface area contributed by atoms with E-state index in [0.29, 0.717) is 0 Å². The van der Waals surface area contributed by atoms with Gasteiger partial charge >= 0.3 is 5.97 Å². The van der Waals surface area contributed by atoms with Crippen molar-refractivity contribution in [1.29, 1.82) is 0 Å². The zero-order valence-electron chi connectivity index (χ0n) is 14.4. The van der Waals surface area contributed by atoms with E-state index in [1.165, 1.54) is 12.5 Å². The number of carbonyl (C=O) groups is 2. The first kappa shape index (κ1) is 18.0. The van der Waals surface area contributed by atoms with Crippen LogP contribution < -0.4 is 9.47 Å². The molecule has 0 atom stereocenters. The fourth-order valence-corrected chi connectivity index (χ4v) is 3.22. The van der Waals surface area contributed by atoms with Crippen molar-refractivity contribution in [3.63, 3.8) is 0 Å². The van der Waals surface area contributed by atoms with Gasteiger partial charge < -0.3 is 19.1 Å². The summed E-state index contributed by atoms with van der Waals surface area (Å²) in [5.74, 6) is -0.844. The van der Waals surface area contributed by atoms with Gasteiger partial charge in [-0.1, -0.05) is 19.3 Å². The van der Waals surface area contributed by atoms with E-state index < -0.39 is 23.2 Å². The molecular weight excluding hydrogens is 344 g/mol. The van der Waals surface area contributed by atoms with Crippen molar-refractivity contribution in [3.05, 3.63) is 27.8 Å². The molecule has 1 aromatic rings. The predicted octanol–water partition coefficient (Wildman–Crippen LogP) is 2.27. The Morgan fingerprint density at radius 3 is 2.54 bits per heavy atom. The molecule has 1 aromatic carbocycles. The number of likely N-dealkylation sites (N-methyl/N-ethyl adjacent to an activating group) is 1. The van der Waals surface area contributed by atoms with Crippen LogP contribution in [-0.4, -0.2) is 48.2 Å². The maximum atomic E-state index is 12.3. The lowest BCUT2D eigenvalue weighted by Crippen LogP contribution is -2.40. The highest BCUT2D eigenvalue weighted by Crippen LogP contribution is 2.38. The van der Waals surface area contributed by atoms with Crippen LogP contribution in [0, 0.1) is 10.1 Å². The summed E-state index contributed by atoms with van der Waals surface area (Å²) in [6, 6.07) is 2.47. The largest absolute Gasteiger partial charge is 0.454 e. The van der Waals surface area contributed by atoms with E-state index in [-0.39, 0.29) is 35.8 Å². The van der Waals surface area contributed by atoms with Crippen LogP contribution in [0.1, 0.15) is 42.5 Å². The normalized spacial score (nSPS) is 16.2. The fraction of sp³-hybridized carbons (Fsp3) is 0.529. The topological polar surface area (TPSA) is 108 Å². The number of nitrogens with zero attached hydrogens (tertiary/aromatic N) is 2. The average Bonchev–Trinajstić information content (AvgIpc) is 3.12. The van der Waals surface area contributed by atoms with Crippen molar-refractivity contribution in [2.45, 2.75) is 38.1 Å². The van der Waals surface area contributed by atoms with Crippen molar-refractivity contribution in [3.8, 4) is 11.5 Å². The third-order valence-electron chi connectivity index (χ3n) is 4.75. The summed E-state index contributed by atoms with van der Waals surface area (Å²) in [6.45, 7) is -0.535. The molecule has 1 aliphatic carbocycles. The maximum absolute atomic E-state index is 12.3. The van der Waals surface area contributed by atoms with Crippen LogP contribution in [0.2, 0.25) is 0 Å². The van der Waals surface area contributed by atoms with Gasteiger partial charge in [-0.05, 0) is 12.8 Å². The van der Waals surface area contributed by atoms with E-state index in [1.807, 2.05) is 0 Å². The first-order chi connectivity index (χ1) is 12.5. The summed E-state index contributed by atoms with van der Waals surface area (Å²) in [5, 5.41) is 11.2.